The number of carbonyl (C=O) groups is 1. The number of benzene rings is 1. The Morgan fingerprint density at radius 3 is 2.66 bits per heavy atom. The van der Waals surface area contributed by atoms with Gasteiger partial charge in [-0.25, -0.2) is 9.97 Å². The third-order valence-electron chi connectivity index (χ3n) is 5.87. The molecular weight excluding hydrogens is 462 g/mol. The first-order valence-electron chi connectivity index (χ1n) is 12.0. The lowest BCUT2D eigenvalue weighted by atomic mass is 10.2. The summed E-state index contributed by atoms with van der Waals surface area (Å²) in [5.74, 6) is 2.32. The van der Waals surface area contributed by atoms with Crippen molar-refractivity contribution >= 4 is 23.5 Å². The zero-order valence-corrected chi connectivity index (χ0v) is 21.2. The number of aryl methyl sites for hydroxylation is 1. The Labute approximate surface area is 211 Å². The van der Waals surface area contributed by atoms with Crippen molar-refractivity contribution in [3.05, 3.63) is 71.3 Å². The first-order chi connectivity index (χ1) is 17.1. The van der Waals surface area contributed by atoms with Crippen LogP contribution in [-0.4, -0.2) is 67.2 Å². The van der Waals surface area contributed by atoms with Crippen molar-refractivity contribution in [1.82, 2.24) is 20.2 Å². The Kier molecular flexibility index (Phi) is 9.16. The molecule has 4 rings (SSSR count). The minimum atomic E-state index is -0.240. The van der Waals surface area contributed by atoms with Gasteiger partial charge in [-0.1, -0.05) is 49.0 Å². The molecule has 0 bridgehead atoms. The fourth-order valence-electron chi connectivity index (χ4n) is 3.91. The highest BCUT2D eigenvalue weighted by molar-refractivity contribution is 7.98. The molecule has 1 fully saturated rings. The number of hydrogen-bond donors (Lipinski definition) is 1. The fraction of sp³-hybridized carbons (Fsp3) is 0.423. The van der Waals surface area contributed by atoms with Crippen molar-refractivity contribution in [2.45, 2.75) is 30.8 Å². The Balaban J connectivity index is 1.33. The van der Waals surface area contributed by atoms with Crippen LogP contribution in [0.25, 0.3) is 0 Å². The van der Waals surface area contributed by atoms with Gasteiger partial charge in [0.05, 0.1) is 12.4 Å². The average Bonchev–Trinajstić information content (AvgIpc) is 3.38. The van der Waals surface area contributed by atoms with Crippen LogP contribution in [0.2, 0.25) is 0 Å². The molecule has 3 aromatic rings. The summed E-state index contributed by atoms with van der Waals surface area (Å²) in [4.78, 5) is 26.5. The Hall–Kier alpha value is -2.88. The van der Waals surface area contributed by atoms with E-state index in [2.05, 4.69) is 58.4 Å². The number of hydrogen-bond acceptors (Lipinski definition) is 8. The lowest BCUT2D eigenvalue weighted by molar-refractivity contribution is 0.0908. The molecule has 8 nitrogen and oxygen atoms in total. The molecular formula is C26H33N5O3S. The molecule has 2 aromatic heterocycles. The summed E-state index contributed by atoms with van der Waals surface area (Å²) >= 11 is 1.53. The molecule has 0 spiro atoms. The van der Waals surface area contributed by atoms with E-state index >= 15 is 0 Å². The summed E-state index contributed by atoms with van der Waals surface area (Å²) < 4.78 is 10.7. The smallest absolute Gasteiger partial charge is 0.287 e. The molecule has 1 aliphatic heterocycles. The van der Waals surface area contributed by atoms with Crippen molar-refractivity contribution in [2.75, 3.05) is 51.3 Å². The van der Waals surface area contributed by atoms with E-state index < -0.39 is 0 Å². The van der Waals surface area contributed by atoms with Gasteiger partial charge in [-0.3, -0.25) is 9.69 Å². The van der Waals surface area contributed by atoms with Crippen LogP contribution in [-0.2, 0) is 23.5 Å². The molecule has 1 aromatic carbocycles. The molecule has 0 aliphatic carbocycles. The van der Waals surface area contributed by atoms with Gasteiger partial charge >= 0.3 is 0 Å². The topological polar surface area (TPSA) is 83.7 Å². The summed E-state index contributed by atoms with van der Waals surface area (Å²) in [6.45, 7) is 7.89. The number of anilines is 1. The normalized spacial score (nSPS) is 14.3. The maximum atomic E-state index is 12.1. The third-order valence-corrected chi connectivity index (χ3v) is 6.74. The van der Waals surface area contributed by atoms with Crippen LogP contribution in [0, 0.1) is 0 Å². The molecule has 9 heteroatoms. The largest absolute Gasteiger partial charge is 0.455 e. The first-order valence-corrected chi connectivity index (χ1v) is 13.0. The van der Waals surface area contributed by atoms with Gasteiger partial charge in [0.25, 0.3) is 5.91 Å². The molecule has 0 radical (unpaired) electrons. The van der Waals surface area contributed by atoms with Crippen LogP contribution in [0.3, 0.4) is 0 Å². The second kappa shape index (κ2) is 12.7. The molecule has 0 unspecified atom stereocenters. The number of aromatic nitrogens is 2. The van der Waals surface area contributed by atoms with E-state index in [1.54, 1.807) is 13.2 Å². The number of nitrogens with zero attached hydrogens (tertiary/aromatic N) is 4. The van der Waals surface area contributed by atoms with E-state index in [0.717, 1.165) is 55.8 Å². The summed E-state index contributed by atoms with van der Waals surface area (Å²) in [7, 11) is 1.60. The Morgan fingerprint density at radius 2 is 1.91 bits per heavy atom. The number of ether oxygens (including phenoxy) is 1. The quantitative estimate of drug-likeness (QED) is 0.245. The standard InChI is InChI=1S/C26H33N5O3S/c1-3-21-17-24(31-14-12-30(13-15-31)18-20-7-5-4-6-8-20)29-26(28-21)35-19-22-9-10-23(34-22)25(32)27-11-16-33-2/h4-10,17H,3,11-16,18-19H2,1-2H3,(H,27,32). The van der Waals surface area contributed by atoms with E-state index in [0.29, 0.717) is 30.4 Å². The van der Waals surface area contributed by atoms with Crippen LogP contribution >= 0.6 is 11.8 Å². The monoisotopic (exact) mass is 495 g/mol. The number of carbonyl (C=O) groups excluding carboxylic acids is 1. The molecule has 0 saturated carbocycles. The highest BCUT2D eigenvalue weighted by atomic mass is 32.2. The summed E-state index contributed by atoms with van der Waals surface area (Å²) in [6.07, 6.45) is 0.851. The van der Waals surface area contributed by atoms with Crippen LogP contribution in [0.5, 0.6) is 0 Å². The number of furan rings is 1. The number of methoxy groups -OCH3 is 1. The highest BCUT2D eigenvalue weighted by Gasteiger charge is 2.20. The van der Waals surface area contributed by atoms with Crippen molar-refractivity contribution in [3.8, 4) is 0 Å². The highest BCUT2D eigenvalue weighted by Crippen LogP contribution is 2.25. The van der Waals surface area contributed by atoms with Crippen LogP contribution in [0.15, 0.2) is 58.1 Å². The number of thioether (sulfide) groups is 1. The van der Waals surface area contributed by atoms with Crippen molar-refractivity contribution in [2.24, 2.45) is 0 Å². The predicted molar refractivity (Wildman–Crippen MR) is 138 cm³/mol. The second-order valence-electron chi connectivity index (χ2n) is 8.41. The maximum Gasteiger partial charge on any atom is 0.287 e. The predicted octanol–water partition coefficient (Wildman–Crippen LogP) is 3.62. The minimum absolute atomic E-state index is 0.240. The lowest BCUT2D eigenvalue weighted by Gasteiger charge is -2.35. The molecule has 1 aliphatic rings. The molecule has 0 atom stereocenters. The lowest BCUT2D eigenvalue weighted by Crippen LogP contribution is -2.46. The van der Waals surface area contributed by atoms with E-state index in [1.807, 2.05) is 6.07 Å². The molecule has 1 amide bonds. The zero-order chi connectivity index (χ0) is 24.5. The van der Waals surface area contributed by atoms with Gasteiger partial charge in [-0.2, -0.15) is 0 Å². The third kappa shape index (κ3) is 7.30. The van der Waals surface area contributed by atoms with Gasteiger partial charge in [0.1, 0.15) is 11.6 Å². The molecule has 35 heavy (non-hydrogen) atoms. The number of nitrogens with one attached hydrogen (secondary N) is 1. The zero-order valence-electron chi connectivity index (χ0n) is 20.4. The van der Waals surface area contributed by atoms with Gasteiger partial charge in [-0.15, -0.1) is 0 Å². The van der Waals surface area contributed by atoms with Gasteiger partial charge in [0.15, 0.2) is 10.9 Å². The molecule has 1 N–H and O–H groups in total. The SMILES string of the molecule is CCc1cc(N2CCN(Cc3ccccc3)CC2)nc(SCc2ccc(C(=O)NCCOC)o2)n1. The molecule has 3 heterocycles. The van der Waals surface area contributed by atoms with Gasteiger partial charge < -0.3 is 19.4 Å². The van der Waals surface area contributed by atoms with Gasteiger partial charge in [0.2, 0.25) is 0 Å². The minimum Gasteiger partial charge on any atom is -0.455 e. The van der Waals surface area contributed by atoms with Crippen LogP contribution < -0.4 is 10.2 Å². The van der Waals surface area contributed by atoms with Crippen molar-refractivity contribution < 1.29 is 13.9 Å². The van der Waals surface area contributed by atoms with Crippen LogP contribution in [0.1, 0.15) is 34.5 Å². The van der Waals surface area contributed by atoms with E-state index in [4.69, 9.17) is 19.1 Å². The Bertz CT molecular complexity index is 1080. The van der Waals surface area contributed by atoms with E-state index in [9.17, 15) is 4.79 Å². The number of amides is 1. The van der Waals surface area contributed by atoms with Crippen LogP contribution in [0.4, 0.5) is 5.82 Å². The number of piperazine rings is 1. The second-order valence-corrected chi connectivity index (χ2v) is 9.35. The van der Waals surface area contributed by atoms with Crippen molar-refractivity contribution in [3.63, 3.8) is 0 Å². The van der Waals surface area contributed by atoms with Crippen molar-refractivity contribution in [1.29, 1.82) is 0 Å². The van der Waals surface area contributed by atoms with E-state index in [1.165, 1.54) is 17.3 Å². The first kappa shape index (κ1) is 25.2. The van der Waals surface area contributed by atoms with E-state index in [-0.39, 0.29) is 5.91 Å². The molecule has 1 saturated heterocycles. The maximum absolute atomic E-state index is 12.1. The Morgan fingerprint density at radius 1 is 1.11 bits per heavy atom. The average molecular weight is 496 g/mol. The molecule has 186 valence electrons. The summed E-state index contributed by atoms with van der Waals surface area (Å²) in [5.41, 5.74) is 2.38. The number of rotatable bonds is 11. The summed E-state index contributed by atoms with van der Waals surface area (Å²) in [5, 5.41) is 3.49. The fourth-order valence-corrected chi connectivity index (χ4v) is 4.68. The van der Waals surface area contributed by atoms with Gasteiger partial charge in [0, 0.05) is 58.1 Å². The summed E-state index contributed by atoms with van der Waals surface area (Å²) in [6, 6.07) is 16.2. The van der Waals surface area contributed by atoms with Gasteiger partial charge in [-0.05, 0) is 24.1 Å².